The van der Waals surface area contributed by atoms with Crippen molar-refractivity contribution in [2.45, 2.75) is 26.8 Å². The minimum absolute atomic E-state index is 0.840. The Morgan fingerprint density at radius 3 is 2.94 bits per heavy atom. The van der Waals surface area contributed by atoms with Gasteiger partial charge in [0.05, 0.1) is 12.2 Å². The van der Waals surface area contributed by atoms with Crippen LogP contribution >= 0.6 is 11.3 Å². The van der Waals surface area contributed by atoms with Gasteiger partial charge in [0.2, 0.25) is 0 Å². The summed E-state index contributed by atoms with van der Waals surface area (Å²) in [6, 6.07) is 6.21. The van der Waals surface area contributed by atoms with E-state index < -0.39 is 0 Å². The van der Waals surface area contributed by atoms with E-state index in [0.717, 1.165) is 30.9 Å². The summed E-state index contributed by atoms with van der Waals surface area (Å²) in [4.78, 5) is 8.31. The Hall–Kier alpha value is -1.55. The third-order valence-corrected chi connectivity index (χ3v) is 4.56. The Morgan fingerprint density at radius 1 is 1.39 bits per heavy atom. The SMILES string of the molecule is Cc1nc(CN2CCc3ccc(N)cc32)sc1C. The van der Waals surface area contributed by atoms with Crippen LogP contribution in [0.1, 0.15) is 21.1 Å². The molecular formula is C14H17N3S. The van der Waals surface area contributed by atoms with Gasteiger partial charge in [-0.05, 0) is 38.0 Å². The zero-order valence-electron chi connectivity index (χ0n) is 10.7. The van der Waals surface area contributed by atoms with Gasteiger partial charge in [0.1, 0.15) is 5.01 Å². The third-order valence-electron chi connectivity index (χ3n) is 3.50. The Bertz CT molecular complexity index is 569. The molecule has 0 aliphatic carbocycles. The molecule has 2 aromatic rings. The number of rotatable bonds is 2. The van der Waals surface area contributed by atoms with Crippen LogP contribution in [0.5, 0.6) is 0 Å². The molecule has 18 heavy (non-hydrogen) atoms. The zero-order chi connectivity index (χ0) is 12.7. The van der Waals surface area contributed by atoms with E-state index in [4.69, 9.17) is 5.73 Å². The fourth-order valence-corrected chi connectivity index (χ4v) is 3.35. The maximum absolute atomic E-state index is 5.87. The first-order chi connectivity index (χ1) is 8.63. The van der Waals surface area contributed by atoms with E-state index in [2.05, 4.69) is 35.9 Å². The lowest BCUT2D eigenvalue weighted by Gasteiger charge is -2.18. The van der Waals surface area contributed by atoms with Crippen molar-refractivity contribution in [1.82, 2.24) is 4.98 Å². The Labute approximate surface area is 111 Å². The maximum atomic E-state index is 5.87. The van der Waals surface area contributed by atoms with Gasteiger partial charge in [0, 0.05) is 22.8 Å². The summed E-state index contributed by atoms with van der Waals surface area (Å²) < 4.78 is 0. The van der Waals surface area contributed by atoms with E-state index >= 15 is 0 Å². The number of hydrogen-bond acceptors (Lipinski definition) is 4. The number of fused-ring (bicyclic) bond motifs is 1. The van der Waals surface area contributed by atoms with Crippen LogP contribution in [-0.2, 0) is 13.0 Å². The molecule has 1 aliphatic heterocycles. The number of hydrogen-bond donors (Lipinski definition) is 1. The normalized spacial score (nSPS) is 14.0. The summed E-state index contributed by atoms with van der Waals surface area (Å²) in [7, 11) is 0. The van der Waals surface area contributed by atoms with E-state index in [9.17, 15) is 0 Å². The van der Waals surface area contributed by atoms with Gasteiger partial charge in [-0.1, -0.05) is 6.07 Å². The summed E-state index contributed by atoms with van der Waals surface area (Å²) in [6.45, 7) is 6.17. The number of nitrogens with two attached hydrogens (primary N) is 1. The van der Waals surface area contributed by atoms with Crippen molar-refractivity contribution in [3.63, 3.8) is 0 Å². The molecule has 0 saturated heterocycles. The lowest BCUT2D eigenvalue weighted by Crippen LogP contribution is -2.19. The second-order valence-corrected chi connectivity index (χ2v) is 6.10. The number of anilines is 2. The van der Waals surface area contributed by atoms with E-state index in [0.29, 0.717) is 0 Å². The van der Waals surface area contributed by atoms with E-state index in [1.54, 1.807) is 11.3 Å². The second-order valence-electron chi connectivity index (χ2n) is 4.81. The average molecular weight is 259 g/mol. The number of nitrogen functional groups attached to an aromatic ring is 1. The lowest BCUT2D eigenvalue weighted by atomic mass is 10.1. The van der Waals surface area contributed by atoms with Crippen molar-refractivity contribution >= 4 is 22.7 Å². The van der Waals surface area contributed by atoms with E-state index in [-0.39, 0.29) is 0 Å². The molecule has 1 aromatic heterocycles. The predicted molar refractivity (Wildman–Crippen MR) is 77.2 cm³/mol. The van der Waals surface area contributed by atoms with Gasteiger partial charge < -0.3 is 10.6 Å². The Morgan fingerprint density at radius 2 is 2.22 bits per heavy atom. The molecule has 94 valence electrons. The lowest BCUT2D eigenvalue weighted by molar-refractivity contribution is 0.827. The van der Waals surface area contributed by atoms with Crippen LogP contribution in [0.4, 0.5) is 11.4 Å². The molecule has 4 heteroatoms. The van der Waals surface area contributed by atoms with Crippen LogP contribution in [0.3, 0.4) is 0 Å². The van der Waals surface area contributed by atoms with Crippen LogP contribution in [0.25, 0.3) is 0 Å². The van der Waals surface area contributed by atoms with Gasteiger partial charge in [-0.25, -0.2) is 4.98 Å². The van der Waals surface area contributed by atoms with Gasteiger partial charge in [0.15, 0.2) is 0 Å². The molecule has 0 amide bonds. The minimum Gasteiger partial charge on any atom is -0.399 e. The first-order valence-electron chi connectivity index (χ1n) is 6.20. The topological polar surface area (TPSA) is 42.2 Å². The van der Waals surface area contributed by atoms with Crippen LogP contribution in [0.15, 0.2) is 18.2 Å². The fourth-order valence-electron chi connectivity index (χ4n) is 2.40. The molecule has 0 fully saturated rings. The van der Waals surface area contributed by atoms with Crippen molar-refractivity contribution < 1.29 is 0 Å². The molecule has 3 nitrogen and oxygen atoms in total. The van der Waals surface area contributed by atoms with Gasteiger partial charge in [-0.2, -0.15) is 0 Å². The fraction of sp³-hybridized carbons (Fsp3) is 0.357. The second kappa shape index (κ2) is 4.28. The van der Waals surface area contributed by atoms with Crippen molar-refractivity contribution in [1.29, 1.82) is 0 Å². The minimum atomic E-state index is 0.840. The standard InChI is InChI=1S/C14H17N3S/c1-9-10(2)18-14(16-9)8-17-6-5-11-3-4-12(15)7-13(11)17/h3-4,7H,5-6,8,15H2,1-2H3. The molecule has 0 atom stereocenters. The van der Waals surface area contributed by atoms with Crippen LogP contribution in [0, 0.1) is 13.8 Å². The highest BCUT2D eigenvalue weighted by Gasteiger charge is 2.20. The number of aryl methyl sites for hydroxylation is 2. The van der Waals surface area contributed by atoms with Crippen LogP contribution < -0.4 is 10.6 Å². The largest absolute Gasteiger partial charge is 0.399 e. The molecule has 2 heterocycles. The Balaban J connectivity index is 1.86. The van der Waals surface area contributed by atoms with Crippen molar-refractivity contribution in [2.24, 2.45) is 0 Å². The molecule has 0 unspecified atom stereocenters. The highest BCUT2D eigenvalue weighted by molar-refractivity contribution is 7.11. The molecular weight excluding hydrogens is 242 g/mol. The number of benzene rings is 1. The molecule has 1 aliphatic rings. The Kier molecular flexibility index (Phi) is 2.74. The predicted octanol–water partition coefficient (Wildman–Crippen LogP) is 2.90. The smallest absolute Gasteiger partial charge is 0.112 e. The summed E-state index contributed by atoms with van der Waals surface area (Å²) in [5, 5.41) is 1.19. The molecule has 0 spiro atoms. The highest BCUT2D eigenvalue weighted by atomic mass is 32.1. The summed E-state index contributed by atoms with van der Waals surface area (Å²) >= 11 is 1.80. The first kappa shape index (κ1) is 11.5. The molecule has 2 N–H and O–H groups in total. The number of aromatic nitrogens is 1. The van der Waals surface area contributed by atoms with Gasteiger partial charge in [-0.15, -0.1) is 11.3 Å². The molecule has 1 aromatic carbocycles. The van der Waals surface area contributed by atoms with Crippen molar-refractivity contribution in [3.8, 4) is 0 Å². The number of nitrogens with zero attached hydrogens (tertiary/aromatic N) is 2. The van der Waals surface area contributed by atoms with Gasteiger partial charge in [0.25, 0.3) is 0 Å². The van der Waals surface area contributed by atoms with E-state index in [1.165, 1.54) is 21.1 Å². The zero-order valence-corrected chi connectivity index (χ0v) is 11.5. The monoisotopic (exact) mass is 259 g/mol. The first-order valence-corrected chi connectivity index (χ1v) is 7.01. The highest BCUT2D eigenvalue weighted by Crippen LogP contribution is 2.31. The quantitative estimate of drug-likeness (QED) is 0.843. The van der Waals surface area contributed by atoms with Crippen LogP contribution in [0.2, 0.25) is 0 Å². The molecule has 0 saturated carbocycles. The maximum Gasteiger partial charge on any atom is 0.112 e. The third kappa shape index (κ3) is 1.97. The summed E-state index contributed by atoms with van der Waals surface area (Å²) in [6.07, 6.45) is 1.11. The average Bonchev–Trinajstić information content (AvgIpc) is 2.85. The van der Waals surface area contributed by atoms with Gasteiger partial charge in [-0.3, -0.25) is 0 Å². The molecule has 0 bridgehead atoms. The van der Waals surface area contributed by atoms with Crippen molar-refractivity contribution in [2.75, 3.05) is 17.2 Å². The van der Waals surface area contributed by atoms with Crippen LogP contribution in [-0.4, -0.2) is 11.5 Å². The van der Waals surface area contributed by atoms with Gasteiger partial charge >= 0.3 is 0 Å². The molecule has 0 radical (unpaired) electrons. The number of thiazole rings is 1. The molecule has 3 rings (SSSR count). The summed E-state index contributed by atoms with van der Waals surface area (Å²) in [5.41, 5.74) is 10.5. The van der Waals surface area contributed by atoms with Crippen molar-refractivity contribution in [3.05, 3.63) is 39.3 Å². The van der Waals surface area contributed by atoms with E-state index in [1.807, 2.05) is 6.07 Å². The summed E-state index contributed by atoms with van der Waals surface area (Å²) in [5.74, 6) is 0.